The van der Waals surface area contributed by atoms with E-state index in [0.717, 1.165) is 38.4 Å². The van der Waals surface area contributed by atoms with Gasteiger partial charge in [-0.05, 0) is 72.4 Å². The number of piperazine rings is 1. The number of likely N-dealkylation sites (N-methyl/N-ethyl adjacent to an activating group) is 1. The molecule has 0 spiro atoms. The number of anilines is 3. The molecular weight excluding hydrogens is 628 g/mol. The highest BCUT2D eigenvalue weighted by atomic mass is 79.9. The summed E-state index contributed by atoms with van der Waals surface area (Å²) in [5, 5.41) is 27.1. The van der Waals surface area contributed by atoms with Crippen LogP contribution in [0.2, 0.25) is 0 Å². The number of carbonyl (C=O) groups excluding carboxylic acids is 2. The highest BCUT2D eigenvalue weighted by molar-refractivity contribution is 9.10. The van der Waals surface area contributed by atoms with E-state index in [-0.39, 0.29) is 22.7 Å². The van der Waals surface area contributed by atoms with Crippen LogP contribution in [0.15, 0.2) is 40.9 Å². The summed E-state index contributed by atoms with van der Waals surface area (Å²) >= 11 is 3.13. The fourth-order valence-corrected chi connectivity index (χ4v) is 4.23. The molecule has 15 heteroatoms. The lowest BCUT2D eigenvalue weighted by Crippen LogP contribution is -2.46. The molecule has 0 radical (unpaired) electrons. The molecule has 0 unspecified atom stereocenters. The van der Waals surface area contributed by atoms with Crippen molar-refractivity contribution in [2.45, 2.75) is 59.7 Å². The molecule has 1 heterocycles. The fraction of sp³-hybridized carbons (Fsp3) is 0.500. The molecular formula is C28H39BrN6O8. The molecule has 0 bridgehead atoms. The lowest BCUT2D eigenvalue weighted by atomic mass is 10.2. The molecule has 236 valence electrons. The van der Waals surface area contributed by atoms with E-state index in [1.54, 1.807) is 59.7 Å². The van der Waals surface area contributed by atoms with E-state index >= 15 is 0 Å². The molecule has 14 nitrogen and oxygen atoms in total. The average molecular weight is 668 g/mol. The molecule has 1 fully saturated rings. The molecule has 0 atom stereocenters. The van der Waals surface area contributed by atoms with Gasteiger partial charge in [0.05, 0.1) is 9.85 Å². The number of benzene rings is 2. The summed E-state index contributed by atoms with van der Waals surface area (Å²) in [6.07, 6.45) is -1.44. The maximum Gasteiger partial charge on any atom is 0.412 e. The SMILES string of the molecule is CC(C)(C)OC(=O)Nc1ccc(Br)cc1[N+](=O)[O-].CCN1CCN(c2ccc(NC(=O)OC(C)(C)C)c([N+](=O)[O-])c2)CC1. The van der Waals surface area contributed by atoms with Crippen molar-refractivity contribution in [1.82, 2.24) is 4.90 Å². The van der Waals surface area contributed by atoms with Crippen LogP contribution in [0, 0.1) is 20.2 Å². The van der Waals surface area contributed by atoms with Crippen LogP contribution in [-0.4, -0.2) is 70.9 Å². The van der Waals surface area contributed by atoms with Gasteiger partial charge in [0.25, 0.3) is 11.4 Å². The molecule has 0 saturated carbocycles. The van der Waals surface area contributed by atoms with Gasteiger partial charge in [-0.25, -0.2) is 9.59 Å². The first-order valence-corrected chi connectivity index (χ1v) is 14.4. The third kappa shape index (κ3) is 12.0. The van der Waals surface area contributed by atoms with E-state index in [2.05, 4.69) is 43.3 Å². The van der Waals surface area contributed by atoms with Crippen molar-refractivity contribution in [1.29, 1.82) is 0 Å². The Morgan fingerprint density at radius 3 is 1.67 bits per heavy atom. The van der Waals surface area contributed by atoms with Crippen molar-refractivity contribution in [2.24, 2.45) is 0 Å². The summed E-state index contributed by atoms with van der Waals surface area (Å²) in [7, 11) is 0. The largest absolute Gasteiger partial charge is 0.444 e. The smallest absolute Gasteiger partial charge is 0.412 e. The summed E-state index contributed by atoms with van der Waals surface area (Å²) in [5.74, 6) is 0. The van der Waals surface area contributed by atoms with Gasteiger partial charge in [-0.1, -0.05) is 22.9 Å². The van der Waals surface area contributed by atoms with Crippen molar-refractivity contribution in [3.8, 4) is 0 Å². The van der Waals surface area contributed by atoms with E-state index in [4.69, 9.17) is 9.47 Å². The molecule has 2 aromatic rings. The van der Waals surface area contributed by atoms with Gasteiger partial charge < -0.3 is 19.3 Å². The topological polar surface area (TPSA) is 169 Å². The van der Waals surface area contributed by atoms with E-state index in [0.29, 0.717) is 4.47 Å². The van der Waals surface area contributed by atoms with Gasteiger partial charge in [0.15, 0.2) is 0 Å². The maximum absolute atomic E-state index is 11.9. The third-order valence-electron chi connectivity index (χ3n) is 5.79. The molecule has 2 aromatic carbocycles. The summed E-state index contributed by atoms with van der Waals surface area (Å²) < 4.78 is 10.7. The van der Waals surface area contributed by atoms with Crippen LogP contribution >= 0.6 is 15.9 Å². The van der Waals surface area contributed by atoms with Gasteiger partial charge in [-0.2, -0.15) is 0 Å². The van der Waals surface area contributed by atoms with Crippen LogP contribution in [0.5, 0.6) is 0 Å². The Bertz CT molecular complexity index is 1320. The van der Waals surface area contributed by atoms with E-state index < -0.39 is 33.2 Å². The first-order chi connectivity index (χ1) is 19.9. The Kier molecular flexibility index (Phi) is 12.3. The Morgan fingerprint density at radius 2 is 1.26 bits per heavy atom. The monoisotopic (exact) mass is 666 g/mol. The van der Waals surface area contributed by atoms with Crippen molar-refractivity contribution in [3.63, 3.8) is 0 Å². The zero-order valence-electron chi connectivity index (χ0n) is 25.4. The van der Waals surface area contributed by atoms with Crippen LogP contribution in [0.4, 0.5) is 38.0 Å². The molecule has 2 N–H and O–H groups in total. The van der Waals surface area contributed by atoms with E-state index in [1.165, 1.54) is 18.2 Å². The summed E-state index contributed by atoms with van der Waals surface area (Å²) in [5.41, 5.74) is -0.646. The number of halogens is 1. The van der Waals surface area contributed by atoms with Crippen LogP contribution in [0.3, 0.4) is 0 Å². The normalized spacial score (nSPS) is 13.7. The number of nitro groups is 2. The molecule has 2 amide bonds. The number of ether oxygens (including phenoxy) is 2. The highest BCUT2D eigenvalue weighted by Crippen LogP contribution is 2.31. The van der Waals surface area contributed by atoms with Crippen LogP contribution in [-0.2, 0) is 9.47 Å². The van der Waals surface area contributed by atoms with Crippen LogP contribution < -0.4 is 15.5 Å². The second kappa shape index (κ2) is 15.0. The van der Waals surface area contributed by atoms with Crippen molar-refractivity contribution < 1.29 is 28.9 Å². The van der Waals surface area contributed by atoms with Crippen molar-refractivity contribution >= 4 is 56.6 Å². The molecule has 3 rings (SSSR count). The third-order valence-corrected chi connectivity index (χ3v) is 6.28. The minimum Gasteiger partial charge on any atom is -0.444 e. The number of nitrogens with zero attached hydrogens (tertiary/aromatic N) is 4. The number of rotatable bonds is 6. The minimum atomic E-state index is -0.729. The first-order valence-electron chi connectivity index (χ1n) is 13.6. The number of nitro benzene ring substituents is 2. The predicted molar refractivity (Wildman–Crippen MR) is 168 cm³/mol. The van der Waals surface area contributed by atoms with Crippen LogP contribution in [0.1, 0.15) is 48.5 Å². The van der Waals surface area contributed by atoms with Gasteiger partial charge >= 0.3 is 12.2 Å². The van der Waals surface area contributed by atoms with Gasteiger partial charge in [0.1, 0.15) is 22.6 Å². The molecule has 0 aromatic heterocycles. The molecule has 1 aliphatic rings. The lowest BCUT2D eigenvalue weighted by molar-refractivity contribution is -0.384. The molecule has 1 aliphatic heterocycles. The minimum absolute atomic E-state index is 0.0949. The Balaban J connectivity index is 0.000000317. The quantitative estimate of drug-likeness (QED) is 0.247. The van der Waals surface area contributed by atoms with Crippen molar-refractivity contribution in [2.75, 3.05) is 48.3 Å². The van der Waals surface area contributed by atoms with Gasteiger partial charge in [0, 0.05) is 48.5 Å². The van der Waals surface area contributed by atoms with Crippen molar-refractivity contribution in [3.05, 3.63) is 61.1 Å². The average Bonchev–Trinajstić information content (AvgIpc) is 2.88. The maximum atomic E-state index is 11.9. The molecule has 0 aliphatic carbocycles. The summed E-state index contributed by atoms with van der Waals surface area (Å²) in [6.45, 7) is 17.0. The number of carbonyl (C=O) groups is 2. The second-order valence-corrected chi connectivity index (χ2v) is 12.5. The highest BCUT2D eigenvalue weighted by Gasteiger charge is 2.24. The standard InChI is InChI=1S/C17H26N4O4.C11H13BrN2O4/c1-5-19-8-10-20(11-9-19)13-6-7-14(15(12-13)21(23)24)18-16(22)25-17(2,3)4;1-11(2,3)18-10(15)13-8-5-4-7(12)6-9(8)14(16)17/h6-7,12H,5,8-11H2,1-4H3,(H,18,22);4-6H,1-3H3,(H,13,15). The van der Waals surface area contributed by atoms with Gasteiger partial charge in [-0.15, -0.1) is 0 Å². The first kappa shape index (κ1) is 35.2. The van der Waals surface area contributed by atoms with E-state index in [1.807, 2.05) is 0 Å². The molecule has 1 saturated heterocycles. The van der Waals surface area contributed by atoms with E-state index in [9.17, 15) is 29.8 Å². The summed E-state index contributed by atoms with van der Waals surface area (Å²) in [6, 6.07) is 9.21. The number of amides is 2. The number of nitrogens with one attached hydrogen (secondary N) is 2. The Hall–Kier alpha value is -3.98. The fourth-order valence-electron chi connectivity index (χ4n) is 3.88. The Morgan fingerprint density at radius 1 is 0.814 bits per heavy atom. The van der Waals surface area contributed by atoms with Gasteiger partial charge in [0.2, 0.25) is 0 Å². The molecule has 43 heavy (non-hydrogen) atoms. The predicted octanol–water partition coefficient (Wildman–Crippen LogP) is 6.79. The number of hydrogen-bond acceptors (Lipinski definition) is 10. The summed E-state index contributed by atoms with van der Waals surface area (Å²) in [4.78, 5) is 49.0. The van der Waals surface area contributed by atoms with Gasteiger partial charge in [-0.3, -0.25) is 30.9 Å². The second-order valence-electron chi connectivity index (χ2n) is 11.6. The van der Waals surface area contributed by atoms with Crippen LogP contribution in [0.25, 0.3) is 0 Å². The number of hydrogen-bond donors (Lipinski definition) is 2. The zero-order chi connectivity index (χ0) is 32.5. The lowest BCUT2D eigenvalue weighted by Gasteiger charge is -2.35. The Labute approximate surface area is 259 Å². The zero-order valence-corrected chi connectivity index (χ0v) is 27.0.